The fourth-order valence-electron chi connectivity index (χ4n) is 1.25. The second kappa shape index (κ2) is 4.38. The molecule has 0 spiro atoms. The van der Waals surface area contributed by atoms with Crippen LogP contribution in [0.4, 0.5) is 0 Å². The molecule has 3 N–H and O–H groups in total. The van der Waals surface area contributed by atoms with Gasteiger partial charge in [0.2, 0.25) is 0 Å². The fourth-order valence-corrected chi connectivity index (χ4v) is 1.42. The molecule has 0 aliphatic carbocycles. The summed E-state index contributed by atoms with van der Waals surface area (Å²) in [4.78, 5) is 12.9. The number of ether oxygens (including phenoxy) is 1. The minimum Gasteiger partial charge on any atom is -0.468 e. The van der Waals surface area contributed by atoms with Gasteiger partial charge in [-0.2, -0.15) is 0 Å². The number of methoxy groups -OCH3 is 1. The van der Waals surface area contributed by atoms with Gasteiger partial charge in [-0.3, -0.25) is 4.79 Å². The molecular weight excluding hydrogens is 190 g/mol. The second-order valence-electron chi connectivity index (χ2n) is 2.81. The average Bonchev–Trinajstić information content (AvgIpc) is 2.17. The molecule has 6 heteroatoms. The molecule has 0 aromatic carbocycles. The number of piperazine rings is 1. The summed E-state index contributed by atoms with van der Waals surface area (Å²) >= 11 is 4.82. The third kappa shape index (κ3) is 2.53. The Balaban J connectivity index is 2.51. The van der Waals surface area contributed by atoms with Crippen LogP contribution in [0.2, 0.25) is 0 Å². The maximum atomic E-state index is 11.1. The summed E-state index contributed by atoms with van der Waals surface area (Å²) in [6, 6.07) is -0.319. The largest absolute Gasteiger partial charge is 0.468 e. The molecule has 1 aliphatic rings. The predicted octanol–water partition coefficient (Wildman–Crippen LogP) is -1.32. The molecule has 0 aromatic rings. The molecule has 1 fully saturated rings. The molecule has 0 amide bonds. The molecule has 5 nitrogen and oxygen atoms in total. The summed E-state index contributed by atoms with van der Waals surface area (Å²) in [5.74, 6) is -0.277. The Morgan fingerprint density at radius 3 is 3.00 bits per heavy atom. The summed E-state index contributed by atoms with van der Waals surface area (Å²) in [5, 5.41) is 3.35. The van der Waals surface area contributed by atoms with Crippen LogP contribution < -0.4 is 11.1 Å². The van der Waals surface area contributed by atoms with Crippen molar-refractivity contribution in [1.29, 1.82) is 0 Å². The van der Waals surface area contributed by atoms with E-state index in [1.807, 2.05) is 0 Å². The first-order chi connectivity index (χ1) is 6.15. The Kier molecular flexibility index (Phi) is 3.44. The van der Waals surface area contributed by atoms with Crippen LogP contribution in [0.25, 0.3) is 0 Å². The van der Waals surface area contributed by atoms with Crippen molar-refractivity contribution in [1.82, 2.24) is 10.2 Å². The number of hydrogen-bond acceptors (Lipinski definition) is 4. The first-order valence-electron chi connectivity index (χ1n) is 4.00. The van der Waals surface area contributed by atoms with Crippen LogP contribution in [0.15, 0.2) is 0 Å². The third-order valence-electron chi connectivity index (χ3n) is 1.97. The zero-order valence-electron chi connectivity index (χ0n) is 7.45. The summed E-state index contributed by atoms with van der Waals surface area (Å²) in [6.07, 6.45) is 0. The molecule has 1 atom stereocenters. The van der Waals surface area contributed by atoms with Crippen molar-refractivity contribution < 1.29 is 9.53 Å². The smallest absolute Gasteiger partial charge is 0.324 e. The SMILES string of the molecule is COC(=O)C1CN(C(N)=S)CCN1. The highest BCUT2D eigenvalue weighted by Gasteiger charge is 2.26. The van der Waals surface area contributed by atoms with Crippen LogP contribution in [0, 0.1) is 0 Å². The zero-order chi connectivity index (χ0) is 9.84. The standard InChI is InChI=1S/C7H13N3O2S/c1-12-6(11)5-4-10(7(8)13)3-2-9-5/h5,9H,2-4H2,1H3,(H2,8,13). The molecule has 13 heavy (non-hydrogen) atoms. The summed E-state index contributed by atoms with van der Waals surface area (Å²) in [7, 11) is 1.36. The Morgan fingerprint density at radius 1 is 1.77 bits per heavy atom. The first-order valence-corrected chi connectivity index (χ1v) is 4.41. The van der Waals surface area contributed by atoms with E-state index < -0.39 is 0 Å². The maximum Gasteiger partial charge on any atom is 0.324 e. The van der Waals surface area contributed by atoms with Crippen LogP contribution in [0.1, 0.15) is 0 Å². The molecule has 0 radical (unpaired) electrons. The van der Waals surface area contributed by atoms with E-state index in [4.69, 9.17) is 18.0 Å². The lowest BCUT2D eigenvalue weighted by molar-refractivity contribution is -0.143. The summed E-state index contributed by atoms with van der Waals surface area (Å²) in [5.41, 5.74) is 5.45. The zero-order valence-corrected chi connectivity index (χ0v) is 8.26. The Morgan fingerprint density at radius 2 is 2.46 bits per heavy atom. The second-order valence-corrected chi connectivity index (χ2v) is 3.23. The number of esters is 1. The predicted molar refractivity (Wildman–Crippen MR) is 52.2 cm³/mol. The number of thiocarbonyl (C=S) groups is 1. The fraction of sp³-hybridized carbons (Fsp3) is 0.714. The van der Waals surface area contributed by atoms with Crippen molar-refractivity contribution in [3.8, 4) is 0 Å². The van der Waals surface area contributed by atoms with E-state index in [1.165, 1.54) is 7.11 Å². The van der Waals surface area contributed by atoms with Gasteiger partial charge in [0, 0.05) is 19.6 Å². The highest BCUT2D eigenvalue weighted by atomic mass is 32.1. The molecule has 0 bridgehead atoms. The van der Waals surface area contributed by atoms with E-state index in [0.717, 1.165) is 6.54 Å². The monoisotopic (exact) mass is 203 g/mol. The number of rotatable bonds is 1. The molecule has 0 aromatic heterocycles. The minimum absolute atomic E-state index is 0.277. The molecule has 1 rings (SSSR count). The topological polar surface area (TPSA) is 67.6 Å². The van der Waals surface area contributed by atoms with E-state index >= 15 is 0 Å². The van der Waals surface area contributed by atoms with Crippen LogP contribution in [0.3, 0.4) is 0 Å². The molecule has 1 aliphatic heterocycles. The Labute approximate surface area is 82.2 Å². The van der Waals surface area contributed by atoms with Gasteiger partial charge in [0.25, 0.3) is 0 Å². The van der Waals surface area contributed by atoms with Gasteiger partial charge in [0.15, 0.2) is 5.11 Å². The molecule has 0 saturated carbocycles. The van der Waals surface area contributed by atoms with E-state index in [9.17, 15) is 4.79 Å². The number of carbonyl (C=O) groups is 1. The minimum atomic E-state index is -0.319. The number of nitrogens with one attached hydrogen (secondary N) is 1. The highest BCUT2D eigenvalue weighted by Crippen LogP contribution is 2.00. The van der Waals surface area contributed by atoms with Crippen LogP contribution in [-0.2, 0) is 9.53 Å². The Bertz CT molecular complexity index is 222. The van der Waals surface area contributed by atoms with Crippen molar-refractivity contribution >= 4 is 23.3 Å². The summed E-state index contributed by atoms with van der Waals surface area (Å²) < 4.78 is 4.61. The highest BCUT2D eigenvalue weighted by molar-refractivity contribution is 7.80. The van der Waals surface area contributed by atoms with Crippen LogP contribution in [0.5, 0.6) is 0 Å². The quantitative estimate of drug-likeness (QED) is 0.407. The number of hydrogen-bond donors (Lipinski definition) is 2. The van der Waals surface area contributed by atoms with E-state index in [2.05, 4.69) is 10.1 Å². The van der Waals surface area contributed by atoms with Gasteiger partial charge in [-0.1, -0.05) is 0 Å². The molecule has 1 unspecified atom stereocenters. The third-order valence-corrected chi connectivity index (χ3v) is 2.23. The molecule has 1 saturated heterocycles. The number of carbonyl (C=O) groups excluding carboxylic acids is 1. The molecular formula is C7H13N3O2S. The summed E-state index contributed by atoms with van der Waals surface area (Å²) in [6.45, 7) is 1.92. The van der Waals surface area contributed by atoms with Gasteiger partial charge < -0.3 is 20.7 Å². The van der Waals surface area contributed by atoms with Crippen molar-refractivity contribution in [3.05, 3.63) is 0 Å². The van der Waals surface area contributed by atoms with Gasteiger partial charge in [0.1, 0.15) is 6.04 Å². The average molecular weight is 203 g/mol. The van der Waals surface area contributed by atoms with Gasteiger partial charge in [-0.05, 0) is 12.2 Å². The number of nitrogens with two attached hydrogens (primary N) is 1. The molecule has 1 heterocycles. The van der Waals surface area contributed by atoms with Crippen molar-refractivity contribution in [2.75, 3.05) is 26.7 Å². The number of nitrogens with zero attached hydrogens (tertiary/aromatic N) is 1. The lowest BCUT2D eigenvalue weighted by atomic mass is 10.2. The lowest BCUT2D eigenvalue weighted by Gasteiger charge is -2.32. The lowest BCUT2D eigenvalue weighted by Crippen LogP contribution is -2.57. The normalized spacial score (nSPS) is 22.5. The van der Waals surface area contributed by atoms with Gasteiger partial charge in [-0.15, -0.1) is 0 Å². The van der Waals surface area contributed by atoms with Crippen molar-refractivity contribution in [3.63, 3.8) is 0 Å². The van der Waals surface area contributed by atoms with Crippen LogP contribution >= 0.6 is 12.2 Å². The van der Waals surface area contributed by atoms with Crippen LogP contribution in [-0.4, -0.2) is 48.8 Å². The van der Waals surface area contributed by atoms with Gasteiger partial charge in [-0.25, -0.2) is 0 Å². The van der Waals surface area contributed by atoms with Crippen molar-refractivity contribution in [2.24, 2.45) is 5.73 Å². The molecule has 74 valence electrons. The first kappa shape index (κ1) is 10.2. The van der Waals surface area contributed by atoms with E-state index in [-0.39, 0.29) is 12.0 Å². The van der Waals surface area contributed by atoms with Gasteiger partial charge >= 0.3 is 5.97 Å². The van der Waals surface area contributed by atoms with E-state index in [0.29, 0.717) is 18.2 Å². The van der Waals surface area contributed by atoms with Gasteiger partial charge in [0.05, 0.1) is 7.11 Å². The maximum absolute atomic E-state index is 11.1. The van der Waals surface area contributed by atoms with Crippen molar-refractivity contribution in [2.45, 2.75) is 6.04 Å². The van der Waals surface area contributed by atoms with E-state index in [1.54, 1.807) is 4.90 Å². The Hall–Kier alpha value is -0.880.